The number of aromatic nitrogens is 1. The van der Waals surface area contributed by atoms with E-state index in [2.05, 4.69) is 44.0 Å². The maximum absolute atomic E-state index is 12.7. The average Bonchev–Trinajstić information content (AvgIpc) is 3.08. The molecule has 3 N–H and O–H groups in total. The third-order valence-corrected chi connectivity index (χ3v) is 10.3. The Bertz CT molecular complexity index is 1790. The van der Waals surface area contributed by atoms with Crippen LogP contribution in [0.5, 0.6) is 5.75 Å². The Morgan fingerprint density at radius 2 is 1.72 bits per heavy atom. The van der Waals surface area contributed by atoms with Gasteiger partial charge in [-0.1, -0.05) is 66.7 Å². The molecular formula is C36H41N5O3S2. The number of fused-ring (bicyclic) bond motifs is 4. The SMILES string of the molecule is C=C[C@H]1CN2CC[C@H]1C[C@@H]2[C@@H](NC(=S)N[C@@H](c1ccccc1)[C@@H](NS(C)(=O)=O)c1ccccc1)c1ccnc2ccc(OC)cc12. The summed E-state index contributed by atoms with van der Waals surface area (Å²) in [5.74, 6) is 1.79. The molecule has 2 bridgehead atoms. The van der Waals surface area contributed by atoms with Gasteiger partial charge < -0.3 is 15.4 Å². The van der Waals surface area contributed by atoms with Gasteiger partial charge in [-0.25, -0.2) is 13.1 Å². The molecule has 4 heterocycles. The summed E-state index contributed by atoms with van der Waals surface area (Å²) >= 11 is 6.12. The van der Waals surface area contributed by atoms with Crippen LogP contribution in [0, 0.1) is 11.8 Å². The van der Waals surface area contributed by atoms with Gasteiger partial charge in [0.05, 0.1) is 37.0 Å². The highest BCUT2D eigenvalue weighted by Gasteiger charge is 2.43. The summed E-state index contributed by atoms with van der Waals surface area (Å²) in [5.41, 5.74) is 3.70. The van der Waals surface area contributed by atoms with Crippen molar-refractivity contribution in [2.45, 2.75) is 37.0 Å². The topological polar surface area (TPSA) is 95.6 Å². The predicted molar refractivity (Wildman–Crippen MR) is 188 cm³/mol. The summed E-state index contributed by atoms with van der Waals surface area (Å²) in [7, 11) is -1.90. The third kappa shape index (κ3) is 7.10. The number of hydrogen-bond donors (Lipinski definition) is 3. The lowest BCUT2D eigenvalue weighted by molar-refractivity contribution is 0.00426. The van der Waals surface area contributed by atoms with Crippen LogP contribution in [0.1, 0.15) is 47.7 Å². The van der Waals surface area contributed by atoms with Crippen LogP contribution >= 0.6 is 12.2 Å². The molecule has 0 saturated carbocycles. The van der Waals surface area contributed by atoms with Gasteiger partial charge in [-0.15, -0.1) is 6.58 Å². The minimum Gasteiger partial charge on any atom is -0.497 e. The lowest BCUT2D eigenvalue weighted by Crippen LogP contribution is -2.58. The molecule has 0 aliphatic carbocycles. The van der Waals surface area contributed by atoms with Crippen LogP contribution in [0.2, 0.25) is 0 Å². The normalized spacial score (nSPS) is 22.8. The Balaban J connectivity index is 1.39. The highest BCUT2D eigenvalue weighted by molar-refractivity contribution is 7.88. The Hall–Kier alpha value is -3.83. The minimum atomic E-state index is -3.58. The van der Waals surface area contributed by atoms with Crippen molar-refractivity contribution in [1.82, 2.24) is 25.2 Å². The predicted octanol–water partition coefficient (Wildman–Crippen LogP) is 5.68. The zero-order valence-electron chi connectivity index (χ0n) is 26.2. The molecule has 240 valence electrons. The number of nitrogens with one attached hydrogen (secondary N) is 3. The maximum atomic E-state index is 12.7. The molecule has 3 aliphatic rings. The molecule has 1 unspecified atom stereocenters. The van der Waals surface area contributed by atoms with Crippen molar-refractivity contribution >= 4 is 38.3 Å². The van der Waals surface area contributed by atoms with Crippen LogP contribution in [0.15, 0.2) is 104 Å². The van der Waals surface area contributed by atoms with Gasteiger partial charge in [-0.2, -0.15) is 0 Å². The van der Waals surface area contributed by atoms with Gasteiger partial charge >= 0.3 is 0 Å². The summed E-state index contributed by atoms with van der Waals surface area (Å²) in [6, 6.07) is 26.3. The minimum absolute atomic E-state index is 0.166. The van der Waals surface area contributed by atoms with Crippen LogP contribution in [-0.2, 0) is 10.0 Å². The van der Waals surface area contributed by atoms with E-state index >= 15 is 0 Å². The molecule has 7 atom stereocenters. The molecule has 46 heavy (non-hydrogen) atoms. The van der Waals surface area contributed by atoms with Crippen molar-refractivity contribution in [3.05, 3.63) is 120 Å². The number of nitrogens with zero attached hydrogens (tertiary/aromatic N) is 2. The van der Waals surface area contributed by atoms with Gasteiger partial charge in [0.2, 0.25) is 10.0 Å². The van der Waals surface area contributed by atoms with Gasteiger partial charge in [-0.3, -0.25) is 9.88 Å². The van der Waals surface area contributed by atoms with E-state index in [-0.39, 0.29) is 12.1 Å². The quantitative estimate of drug-likeness (QED) is 0.141. The number of piperidine rings is 3. The van der Waals surface area contributed by atoms with Crippen molar-refractivity contribution < 1.29 is 13.2 Å². The van der Waals surface area contributed by atoms with Crippen LogP contribution in [0.25, 0.3) is 10.9 Å². The lowest BCUT2D eigenvalue weighted by atomic mass is 9.73. The average molecular weight is 656 g/mol. The second kappa shape index (κ2) is 13.9. The van der Waals surface area contributed by atoms with E-state index in [4.69, 9.17) is 17.0 Å². The zero-order valence-corrected chi connectivity index (χ0v) is 27.8. The van der Waals surface area contributed by atoms with Gasteiger partial charge in [0, 0.05) is 24.2 Å². The number of ether oxygens (including phenoxy) is 1. The number of hydrogen-bond acceptors (Lipinski definition) is 6. The van der Waals surface area contributed by atoms with E-state index in [1.54, 1.807) is 7.11 Å². The number of sulfonamides is 1. The number of thiocarbonyl (C=S) groups is 1. The van der Waals surface area contributed by atoms with Crippen LogP contribution in [-0.4, -0.2) is 55.9 Å². The van der Waals surface area contributed by atoms with E-state index in [1.165, 1.54) is 6.26 Å². The molecule has 3 aromatic carbocycles. The second-order valence-electron chi connectivity index (χ2n) is 12.3. The Morgan fingerprint density at radius 3 is 2.33 bits per heavy atom. The number of rotatable bonds is 11. The molecule has 3 fully saturated rings. The summed E-state index contributed by atoms with van der Waals surface area (Å²) in [6.45, 7) is 6.11. The van der Waals surface area contributed by atoms with Gasteiger partial charge in [0.25, 0.3) is 0 Å². The highest BCUT2D eigenvalue weighted by Crippen LogP contribution is 2.42. The van der Waals surface area contributed by atoms with Gasteiger partial charge in [0.15, 0.2) is 5.11 Å². The fourth-order valence-corrected chi connectivity index (χ4v) is 8.20. The van der Waals surface area contributed by atoms with Crippen molar-refractivity contribution in [3.8, 4) is 5.75 Å². The van der Waals surface area contributed by atoms with Crippen molar-refractivity contribution in [3.63, 3.8) is 0 Å². The summed E-state index contributed by atoms with van der Waals surface area (Å²) < 4.78 is 33.9. The second-order valence-corrected chi connectivity index (χ2v) is 14.5. The number of methoxy groups -OCH3 is 1. The first-order chi connectivity index (χ1) is 22.2. The first-order valence-corrected chi connectivity index (χ1v) is 18.0. The van der Waals surface area contributed by atoms with Crippen molar-refractivity contribution in [2.24, 2.45) is 11.8 Å². The summed E-state index contributed by atoms with van der Waals surface area (Å²) in [5, 5.41) is 8.71. The fraction of sp³-hybridized carbons (Fsp3) is 0.333. The van der Waals surface area contributed by atoms with Crippen molar-refractivity contribution in [1.29, 1.82) is 0 Å². The van der Waals surface area contributed by atoms with E-state index in [1.807, 2.05) is 85.1 Å². The monoisotopic (exact) mass is 655 g/mol. The van der Waals surface area contributed by atoms with E-state index in [0.29, 0.717) is 16.9 Å². The van der Waals surface area contributed by atoms with E-state index in [0.717, 1.165) is 59.3 Å². The molecule has 4 aromatic rings. The Morgan fingerprint density at radius 1 is 1.02 bits per heavy atom. The summed E-state index contributed by atoms with van der Waals surface area (Å²) in [4.78, 5) is 7.21. The molecule has 0 radical (unpaired) electrons. The van der Waals surface area contributed by atoms with Crippen LogP contribution in [0.4, 0.5) is 0 Å². The number of pyridine rings is 1. The molecule has 3 saturated heterocycles. The first kappa shape index (κ1) is 32.1. The molecular weight excluding hydrogens is 615 g/mol. The maximum Gasteiger partial charge on any atom is 0.209 e. The Kier molecular flexibility index (Phi) is 9.70. The molecule has 3 aliphatic heterocycles. The van der Waals surface area contributed by atoms with E-state index in [9.17, 15) is 8.42 Å². The van der Waals surface area contributed by atoms with Crippen LogP contribution < -0.4 is 20.1 Å². The summed E-state index contributed by atoms with van der Waals surface area (Å²) in [6.07, 6.45) is 7.31. The lowest BCUT2D eigenvalue weighted by Gasteiger charge is -2.52. The zero-order chi connectivity index (χ0) is 32.3. The van der Waals surface area contributed by atoms with Crippen LogP contribution in [0.3, 0.4) is 0 Å². The number of benzene rings is 3. The van der Waals surface area contributed by atoms with Gasteiger partial charge in [0.1, 0.15) is 5.75 Å². The fourth-order valence-electron chi connectivity index (χ4n) is 7.21. The standard InChI is InChI=1S/C36H41N5O3S2/c1-4-24-23-41-20-18-27(24)21-32(41)35(29-17-19-37-31-16-15-28(44-2)22-30(29)31)39-36(45)38-33(25-11-7-5-8-12-25)34(40-46(3,42)43)26-13-9-6-10-14-26/h4-17,19,22,24,27,32-35,40H,1,18,20-21,23H2,2-3H3,(H2,38,39,45)/t24-,27-,32+,33-,34-,35-/m0/s1. The molecule has 0 amide bonds. The Labute approximate surface area is 277 Å². The molecule has 8 nitrogen and oxygen atoms in total. The molecule has 10 heteroatoms. The molecule has 0 spiro atoms. The van der Waals surface area contributed by atoms with E-state index < -0.39 is 22.1 Å². The third-order valence-electron chi connectivity index (χ3n) is 9.42. The first-order valence-electron chi connectivity index (χ1n) is 15.7. The largest absolute Gasteiger partial charge is 0.497 e. The molecule has 7 rings (SSSR count). The molecule has 1 aromatic heterocycles. The highest BCUT2D eigenvalue weighted by atomic mass is 32.2. The smallest absolute Gasteiger partial charge is 0.209 e. The van der Waals surface area contributed by atoms with Crippen molar-refractivity contribution in [2.75, 3.05) is 26.5 Å². The van der Waals surface area contributed by atoms with Gasteiger partial charge in [-0.05, 0) is 84.4 Å².